The zero-order chi connectivity index (χ0) is 16.3. The van der Waals surface area contributed by atoms with Gasteiger partial charge >= 0.3 is 0 Å². The van der Waals surface area contributed by atoms with Gasteiger partial charge < -0.3 is 5.32 Å². The SMILES string of the molecule is CCCNC1CCCc2cc(S(=O)(=O)c3ccccc3)ccc21. The molecule has 0 bridgehead atoms. The molecule has 4 heteroatoms. The fraction of sp³-hybridized carbons (Fsp3) is 0.368. The Kier molecular flexibility index (Phi) is 4.83. The minimum absolute atomic E-state index is 0.354. The van der Waals surface area contributed by atoms with Gasteiger partial charge in [-0.25, -0.2) is 8.42 Å². The van der Waals surface area contributed by atoms with Gasteiger partial charge in [0, 0.05) is 6.04 Å². The van der Waals surface area contributed by atoms with Crippen molar-refractivity contribution in [1.82, 2.24) is 5.32 Å². The van der Waals surface area contributed by atoms with Crippen LogP contribution in [0.4, 0.5) is 0 Å². The average molecular weight is 329 g/mol. The number of fused-ring (bicyclic) bond motifs is 1. The van der Waals surface area contributed by atoms with E-state index >= 15 is 0 Å². The maximum atomic E-state index is 12.8. The third kappa shape index (κ3) is 3.33. The van der Waals surface area contributed by atoms with Crippen molar-refractivity contribution in [3.8, 4) is 0 Å². The molecule has 0 aliphatic heterocycles. The Hall–Kier alpha value is -1.65. The first kappa shape index (κ1) is 16.2. The van der Waals surface area contributed by atoms with Crippen LogP contribution in [-0.2, 0) is 16.3 Å². The first-order valence-electron chi connectivity index (χ1n) is 8.29. The highest BCUT2D eigenvalue weighted by molar-refractivity contribution is 7.91. The molecule has 3 nitrogen and oxygen atoms in total. The minimum atomic E-state index is -3.43. The predicted octanol–water partition coefficient (Wildman–Crippen LogP) is 3.90. The van der Waals surface area contributed by atoms with Gasteiger partial charge in [0.25, 0.3) is 0 Å². The van der Waals surface area contributed by atoms with Crippen LogP contribution in [0.15, 0.2) is 58.3 Å². The molecule has 2 aromatic rings. The molecule has 1 aliphatic rings. The van der Waals surface area contributed by atoms with Gasteiger partial charge in [0.15, 0.2) is 0 Å². The fourth-order valence-electron chi connectivity index (χ4n) is 3.22. The summed E-state index contributed by atoms with van der Waals surface area (Å²) in [7, 11) is -3.43. The molecule has 0 saturated heterocycles. The summed E-state index contributed by atoms with van der Waals surface area (Å²) >= 11 is 0. The van der Waals surface area contributed by atoms with Crippen molar-refractivity contribution in [2.75, 3.05) is 6.54 Å². The van der Waals surface area contributed by atoms with Crippen molar-refractivity contribution in [2.24, 2.45) is 0 Å². The standard InChI is InChI=1S/C19H23NO2S/c1-2-13-20-19-10-6-7-15-14-17(11-12-18(15)19)23(21,22)16-8-4-3-5-9-16/h3-5,8-9,11-12,14,19-20H,2,6-7,10,13H2,1H3. The Morgan fingerprint density at radius 2 is 1.87 bits per heavy atom. The molecule has 0 saturated carbocycles. The lowest BCUT2D eigenvalue weighted by Gasteiger charge is -2.27. The summed E-state index contributed by atoms with van der Waals surface area (Å²) in [6.45, 7) is 3.15. The Morgan fingerprint density at radius 1 is 1.09 bits per heavy atom. The number of nitrogens with one attached hydrogen (secondary N) is 1. The highest BCUT2D eigenvalue weighted by Gasteiger charge is 2.23. The molecule has 0 aromatic heterocycles. The maximum Gasteiger partial charge on any atom is 0.206 e. The van der Waals surface area contributed by atoms with Gasteiger partial charge in [-0.2, -0.15) is 0 Å². The van der Waals surface area contributed by atoms with Crippen LogP contribution in [0, 0.1) is 0 Å². The van der Waals surface area contributed by atoms with E-state index in [1.165, 1.54) is 11.1 Å². The second-order valence-corrected chi connectivity index (χ2v) is 8.03. The molecule has 1 N–H and O–H groups in total. The van der Waals surface area contributed by atoms with E-state index in [2.05, 4.69) is 12.2 Å². The maximum absolute atomic E-state index is 12.8. The van der Waals surface area contributed by atoms with E-state index in [-0.39, 0.29) is 0 Å². The normalized spacial score (nSPS) is 17.7. The van der Waals surface area contributed by atoms with Crippen LogP contribution in [0.3, 0.4) is 0 Å². The molecule has 0 amide bonds. The Bertz CT molecular complexity index is 769. The topological polar surface area (TPSA) is 46.2 Å². The van der Waals surface area contributed by atoms with Crippen molar-refractivity contribution in [3.05, 3.63) is 59.7 Å². The number of aryl methyl sites for hydroxylation is 1. The zero-order valence-electron chi connectivity index (χ0n) is 13.5. The number of rotatable bonds is 5. The summed E-state index contributed by atoms with van der Waals surface area (Å²) in [5.74, 6) is 0. The van der Waals surface area contributed by atoms with Gasteiger partial charge in [0.2, 0.25) is 9.84 Å². The lowest BCUT2D eigenvalue weighted by molar-refractivity contribution is 0.459. The van der Waals surface area contributed by atoms with Gasteiger partial charge in [-0.15, -0.1) is 0 Å². The summed E-state index contributed by atoms with van der Waals surface area (Å²) in [5, 5.41) is 3.57. The molecule has 23 heavy (non-hydrogen) atoms. The minimum Gasteiger partial charge on any atom is -0.310 e. The summed E-state index contributed by atoms with van der Waals surface area (Å²) < 4.78 is 25.5. The smallest absolute Gasteiger partial charge is 0.206 e. The van der Waals surface area contributed by atoms with Crippen molar-refractivity contribution < 1.29 is 8.42 Å². The molecule has 2 aromatic carbocycles. The van der Waals surface area contributed by atoms with Crippen LogP contribution < -0.4 is 5.32 Å². The van der Waals surface area contributed by atoms with E-state index in [4.69, 9.17) is 0 Å². The van der Waals surface area contributed by atoms with E-state index in [1.807, 2.05) is 18.2 Å². The molecule has 0 spiro atoms. The second kappa shape index (κ2) is 6.85. The summed E-state index contributed by atoms with van der Waals surface area (Å²) in [6, 6.07) is 14.6. The summed E-state index contributed by atoms with van der Waals surface area (Å²) in [4.78, 5) is 0.759. The van der Waals surface area contributed by atoms with Crippen LogP contribution in [0.5, 0.6) is 0 Å². The van der Waals surface area contributed by atoms with E-state index in [0.29, 0.717) is 15.8 Å². The van der Waals surface area contributed by atoms with Crippen LogP contribution in [0.1, 0.15) is 43.4 Å². The Labute approximate surface area is 138 Å². The van der Waals surface area contributed by atoms with Gasteiger partial charge in [-0.3, -0.25) is 0 Å². The fourth-order valence-corrected chi connectivity index (χ4v) is 4.56. The van der Waals surface area contributed by atoms with Crippen molar-refractivity contribution in [2.45, 2.75) is 48.4 Å². The third-order valence-corrected chi connectivity index (χ3v) is 6.20. The third-order valence-electron chi connectivity index (χ3n) is 4.43. The molecule has 3 rings (SSSR count). The van der Waals surface area contributed by atoms with Gasteiger partial charge in [0.05, 0.1) is 9.79 Å². The zero-order valence-corrected chi connectivity index (χ0v) is 14.3. The Balaban J connectivity index is 1.95. The predicted molar refractivity (Wildman–Crippen MR) is 92.3 cm³/mol. The van der Waals surface area contributed by atoms with Crippen LogP contribution in [0.25, 0.3) is 0 Å². The number of benzene rings is 2. The Morgan fingerprint density at radius 3 is 2.61 bits per heavy atom. The van der Waals surface area contributed by atoms with Crippen molar-refractivity contribution in [1.29, 1.82) is 0 Å². The molecular weight excluding hydrogens is 306 g/mol. The number of hydrogen-bond acceptors (Lipinski definition) is 3. The molecule has 1 atom stereocenters. The van der Waals surface area contributed by atoms with Crippen LogP contribution in [-0.4, -0.2) is 15.0 Å². The largest absolute Gasteiger partial charge is 0.310 e. The highest BCUT2D eigenvalue weighted by Crippen LogP contribution is 2.32. The first-order chi connectivity index (χ1) is 11.1. The molecule has 0 radical (unpaired) electrons. The quantitative estimate of drug-likeness (QED) is 0.905. The number of hydrogen-bond donors (Lipinski definition) is 1. The van der Waals surface area contributed by atoms with E-state index in [0.717, 1.165) is 32.2 Å². The molecular formula is C19H23NO2S. The average Bonchev–Trinajstić information content (AvgIpc) is 2.60. The van der Waals surface area contributed by atoms with E-state index < -0.39 is 9.84 Å². The molecule has 0 fully saturated rings. The second-order valence-electron chi connectivity index (χ2n) is 6.08. The first-order valence-corrected chi connectivity index (χ1v) is 9.77. The van der Waals surface area contributed by atoms with Gasteiger partial charge in [-0.1, -0.05) is 31.2 Å². The molecule has 122 valence electrons. The van der Waals surface area contributed by atoms with Crippen LogP contribution >= 0.6 is 0 Å². The molecule has 0 heterocycles. The van der Waals surface area contributed by atoms with Crippen molar-refractivity contribution in [3.63, 3.8) is 0 Å². The lowest BCUT2D eigenvalue weighted by Crippen LogP contribution is -2.26. The highest BCUT2D eigenvalue weighted by atomic mass is 32.2. The van der Waals surface area contributed by atoms with Gasteiger partial charge in [0.1, 0.15) is 0 Å². The number of sulfone groups is 1. The van der Waals surface area contributed by atoms with Crippen LogP contribution in [0.2, 0.25) is 0 Å². The van der Waals surface area contributed by atoms with E-state index in [1.54, 1.807) is 30.3 Å². The molecule has 1 unspecified atom stereocenters. The van der Waals surface area contributed by atoms with E-state index in [9.17, 15) is 8.42 Å². The molecule has 1 aliphatic carbocycles. The van der Waals surface area contributed by atoms with Crippen molar-refractivity contribution >= 4 is 9.84 Å². The summed E-state index contributed by atoms with van der Waals surface area (Å²) in [5.41, 5.74) is 2.43. The lowest BCUT2D eigenvalue weighted by atomic mass is 9.87. The summed E-state index contributed by atoms with van der Waals surface area (Å²) in [6.07, 6.45) is 4.28. The monoisotopic (exact) mass is 329 g/mol. The van der Waals surface area contributed by atoms with Gasteiger partial charge in [-0.05, 0) is 67.6 Å².